The molecule has 0 amide bonds. The molecule has 0 bridgehead atoms. The van der Waals surface area contributed by atoms with Crippen LogP contribution in [0.5, 0.6) is 0 Å². The zero-order chi connectivity index (χ0) is 18.4. The van der Waals surface area contributed by atoms with Crippen LogP contribution in [-0.4, -0.2) is 29.1 Å². The van der Waals surface area contributed by atoms with Crippen LogP contribution in [0.1, 0.15) is 31.8 Å². The minimum absolute atomic E-state index is 0. The predicted molar refractivity (Wildman–Crippen MR) is 107 cm³/mol. The lowest BCUT2D eigenvalue weighted by Crippen LogP contribution is -2.43. The van der Waals surface area contributed by atoms with Crippen LogP contribution in [0.25, 0.3) is 0 Å². The first-order chi connectivity index (χ1) is 11.8. The molecular weight excluding hydrogens is 458 g/mol. The summed E-state index contributed by atoms with van der Waals surface area (Å²) < 4.78 is 39.8. The number of guanidine groups is 1. The van der Waals surface area contributed by atoms with E-state index in [4.69, 9.17) is 0 Å². The lowest BCUT2D eigenvalue weighted by Gasteiger charge is -2.26. The van der Waals surface area contributed by atoms with Crippen LogP contribution < -0.4 is 10.6 Å². The summed E-state index contributed by atoms with van der Waals surface area (Å²) in [5, 5.41) is 6.08. The van der Waals surface area contributed by atoms with E-state index >= 15 is 0 Å². The molecule has 26 heavy (non-hydrogen) atoms. The van der Waals surface area contributed by atoms with Crippen molar-refractivity contribution in [2.24, 2.45) is 4.99 Å². The largest absolute Gasteiger partial charge is 0.356 e. The number of hydrogen-bond donors (Lipinski definition) is 2. The van der Waals surface area contributed by atoms with E-state index in [0.29, 0.717) is 12.5 Å². The predicted octanol–water partition coefficient (Wildman–Crippen LogP) is 3.68. The molecule has 5 nitrogen and oxygen atoms in total. The van der Waals surface area contributed by atoms with Crippen molar-refractivity contribution in [3.05, 3.63) is 53.9 Å². The van der Waals surface area contributed by atoms with Crippen molar-refractivity contribution in [1.29, 1.82) is 0 Å². The van der Waals surface area contributed by atoms with Gasteiger partial charge in [-0.05, 0) is 17.7 Å². The van der Waals surface area contributed by atoms with E-state index < -0.39 is 6.55 Å². The highest BCUT2D eigenvalue weighted by atomic mass is 127. The molecule has 0 spiro atoms. The first-order valence-electron chi connectivity index (χ1n) is 7.84. The van der Waals surface area contributed by atoms with Crippen LogP contribution in [0.15, 0.2) is 41.7 Å². The van der Waals surface area contributed by atoms with Crippen LogP contribution in [0.2, 0.25) is 0 Å². The molecule has 0 saturated carbocycles. The van der Waals surface area contributed by atoms with Crippen LogP contribution >= 0.6 is 24.0 Å². The molecular formula is C17H23F3IN5. The maximum absolute atomic E-state index is 13.4. The third kappa shape index (κ3) is 5.89. The van der Waals surface area contributed by atoms with Crippen molar-refractivity contribution in [2.45, 2.75) is 32.4 Å². The fraction of sp³-hybridized carbons (Fsp3) is 0.412. The summed E-state index contributed by atoms with van der Waals surface area (Å²) in [6, 6.07) is 6.43. The van der Waals surface area contributed by atoms with Gasteiger partial charge < -0.3 is 10.6 Å². The Morgan fingerprint density at radius 1 is 1.31 bits per heavy atom. The molecule has 0 fully saturated rings. The molecule has 1 heterocycles. The number of alkyl halides is 2. The molecule has 9 heteroatoms. The molecule has 1 aromatic heterocycles. The van der Waals surface area contributed by atoms with E-state index in [0.717, 1.165) is 10.1 Å². The summed E-state index contributed by atoms with van der Waals surface area (Å²) in [5.41, 5.74) is 0.505. The lowest BCUT2D eigenvalue weighted by atomic mass is 9.84. The molecule has 1 aromatic carbocycles. The van der Waals surface area contributed by atoms with Gasteiger partial charge in [-0.1, -0.05) is 26.0 Å². The van der Waals surface area contributed by atoms with Gasteiger partial charge in [0.15, 0.2) is 5.96 Å². The van der Waals surface area contributed by atoms with Gasteiger partial charge in [0.25, 0.3) is 0 Å². The second kappa shape index (κ2) is 9.79. The number of rotatable bonds is 6. The van der Waals surface area contributed by atoms with Gasteiger partial charge in [-0.3, -0.25) is 9.56 Å². The lowest BCUT2D eigenvalue weighted by molar-refractivity contribution is 0.0668. The van der Waals surface area contributed by atoms with Crippen molar-refractivity contribution in [1.82, 2.24) is 20.2 Å². The number of nitrogens with zero attached hydrogens (tertiary/aromatic N) is 3. The van der Waals surface area contributed by atoms with Crippen LogP contribution in [0.4, 0.5) is 13.2 Å². The standard InChI is InChI=1S/C17H22F3N5.HI/c1-17(2,12-5-4-6-13(18)9-12)11-24-16(21-3)23-10-14-22-7-8-25(14)15(19)20;/h4-9,15H,10-11H2,1-3H3,(H2,21,23,24);1H. The smallest absolute Gasteiger partial charge is 0.319 e. The number of hydrogen-bond acceptors (Lipinski definition) is 2. The Bertz CT molecular complexity index is 731. The van der Waals surface area contributed by atoms with Crippen LogP contribution in [-0.2, 0) is 12.0 Å². The monoisotopic (exact) mass is 481 g/mol. The van der Waals surface area contributed by atoms with E-state index in [1.165, 1.54) is 24.5 Å². The minimum atomic E-state index is -2.64. The number of benzene rings is 1. The first kappa shape index (κ1) is 22.3. The average molecular weight is 481 g/mol. The Morgan fingerprint density at radius 2 is 2.04 bits per heavy atom. The summed E-state index contributed by atoms with van der Waals surface area (Å²) >= 11 is 0. The highest BCUT2D eigenvalue weighted by Gasteiger charge is 2.21. The molecule has 0 atom stereocenters. The van der Waals surface area contributed by atoms with Gasteiger partial charge in [0, 0.05) is 31.4 Å². The number of halogens is 4. The average Bonchev–Trinajstić information content (AvgIpc) is 3.04. The summed E-state index contributed by atoms with van der Waals surface area (Å²) in [6.45, 7) is 1.91. The second-order valence-electron chi connectivity index (χ2n) is 6.20. The molecule has 2 N–H and O–H groups in total. The van der Waals surface area contributed by atoms with E-state index in [9.17, 15) is 13.2 Å². The maximum Gasteiger partial charge on any atom is 0.319 e. The van der Waals surface area contributed by atoms with Gasteiger partial charge in [-0.15, -0.1) is 24.0 Å². The Balaban J connectivity index is 0.00000338. The summed E-state index contributed by atoms with van der Waals surface area (Å²) in [6.07, 6.45) is 2.55. The molecule has 0 saturated heterocycles. The highest BCUT2D eigenvalue weighted by molar-refractivity contribution is 14.0. The summed E-state index contributed by atoms with van der Waals surface area (Å²) in [7, 11) is 1.59. The molecule has 0 aliphatic carbocycles. The summed E-state index contributed by atoms with van der Waals surface area (Å²) in [4.78, 5) is 7.98. The van der Waals surface area contributed by atoms with E-state index in [2.05, 4.69) is 20.6 Å². The van der Waals surface area contributed by atoms with Crippen molar-refractivity contribution in [2.75, 3.05) is 13.6 Å². The third-order valence-electron chi connectivity index (χ3n) is 3.90. The topological polar surface area (TPSA) is 54.2 Å². The van der Waals surface area contributed by atoms with Crippen molar-refractivity contribution >= 4 is 29.9 Å². The number of aromatic nitrogens is 2. The van der Waals surface area contributed by atoms with Gasteiger partial charge in [-0.2, -0.15) is 8.78 Å². The van der Waals surface area contributed by atoms with Crippen molar-refractivity contribution in [3.63, 3.8) is 0 Å². The second-order valence-corrected chi connectivity index (χ2v) is 6.20. The maximum atomic E-state index is 13.4. The molecule has 2 rings (SSSR count). The van der Waals surface area contributed by atoms with Gasteiger partial charge in [0.1, 0.15) is 11.6 Å². The minimum Gasteiger partial charge on any atom is -0.356 e. The van der Waals surface area contributed by atoms with Gasteiger partial charge in [-0.25, -0.2) is 9.37 Å². The number of nitrogens with one attached hydrogen (secondary N) is 2. The first-order valence-corrected chi connectivity index (χ1v) is 7.84. The van der Waals surface area contributed by atoms with Crippen molar-refractivity contribution in [3.8, 4) is 0 Å². The van der Waals surface area contributed by atoms with Gasteiger partial charge in [0.05, 0.1) is 6.54 Å². The molecule has 0 radical (unpaired) electrons. The fourth-order valence-electron chi connectivity index (χ4n) is 2.36. The number of aliphatic imine (C=N–C) groups is 1. The molecule has 144 valence electrons. The molecule has 0 aliphatic rings. The molecule has 0 unspecified atom stereocenters. The zero-order valence-corrected chi connectivity index (χ0v) is 17.2. The molecule has 0 aliphatic heterocycles. The van der Waals surface area contributed by atoms with E-state index in [-0.39, 0.29) is 47.6 Å². The Morgan fingerprint density at radius 3 is 2.65 bits per heavy atom. The van der Waals surface area contributed by atoms with Gasteiger partial charge in [0.2, 0.25) is 0 Å². The Hall–Kier alpha value is -1.78. The Kier molecular flexibility index (Phi) is 8.38. The third-order valence-corrected chi connectivity index (χ3v) is 3.90. The molecule has 2 aromatic rings. The zero-order valence-electron chi connectivity index (χ0n) is 14.8. The highest BCUT2D eigenvalue weighted by Crippen LogP contribution is 2.22. The van der Waals surface area contributed by atoms with Crippen molar-refractivity contribution < 1.29 is 13.2 Å². The van der Waals surface area contributed by atoms with Gasteiger partial charge >= 0.3 is 6.55 Å². The normalized spacial score (nSPS) is 12.0. The Labute approximate surface area is 168 Å². The SMILES string of the molecule is CN=C(NCc1nccn1C(F)F)NCC(C)(C)c1cccc(F)c1.I. The fourth-order valence-corrected chi connectivity index (χ4v) is 2.36. The quantitative estimate of drug-likeness (QED) is 0.376. The van der Waals surface area contributed by atoms with Crippen LogP contribution in [0, 0.1) is 5.82 Å². The van der Waals surface area contributed by atoms with E-state index in [1.54, 1.807) is 13.1 Å². The van der Waals surface area contributed by atoms with Crippen LogP contribution in [0.3, 0.4) is 0 Å². The number of imidazole rings is 1. The summed E-state index contributed by atoms with van der Waals surface area (Å²) in [5.74, 6) is 0.377. The van der Waals surface area contributed by atoms with E-state index in [1.807, 2.05) is 19.9 Å².